The highest BCUT2D eigenvalue weighted by Gasteiger charge is 2.39. The first kappa shape index (κ1) is 17.5. The Bertz CT molecular complexity index is 763. The fraction of sp³-hybridized carbons (Fsp3) is 0.300. The molecule has 5 heteroatoms. The number of carboxylic acids is 1. The predicted octanol–water partition coefficient (Wildman–Crippen LogP) is 3.60. The molecule has 1 heterocycles. The van der Waals surface area contributed by atoms with Gasteiger partial charge in [-0.15, -0.1) is 0 Å². The minimum absolute atomic E-state index is 0.113. The SMILES string of the molecule is C[C@@H](CSCc1ccccc1)C(=O)N1c2ccccc2C[C@@H]1C(=O)O. The van der Waals surface area contributed by atoms with E-state index in [1.165, 1.54) is 10.5 Å². The van der Waals surface area contributed by atoms with E-state index in [-0.39, 0.29) is 11.8 Å². The number of nitrogens with zero attached hydrogens (tertiary/aromatic N) is 1. The number of carbonyl (C=O) groups is 2. The van der Waals surface area contributed by atoms with Gasteiger partial charge in [0, 0.05) is 29.5 Å². The molecule has 2 aromatic carbocycles. The minimum Gasteiger partial charge on any atom is -0.480 e. The van der Waals surface area contributed by atoms with E-state index in [9.17, 15) is 14.7 Å². The van der Waals surface area contributed by atoms with Gasteiger partial charge in [0.15, 0.2) is 0 Å². The molecule has 0 spiro atoms. The van der Waals surface area contributed by atoms with Crippen LogP contribution in [-0.4, -0.2) is 28.8 Å². The Hall–Kier alpha value is -2.27. The molecule has 0 saturated carbocycles. The summed E-state index contributed by atoms with van der Waals surface area (Å²) >= 11 is 1.70. The van der Waals surface area contributed by atoms with E-state index in [1.807, 2.05) is 49.4 Å². The summed E-state index contributed by atoms with van der Waals surface area (Å²) in [6, 6.07) is 16.8. The first-order valence-electron chi connectivity index (χ1n) is 8.33. The molecule has 1 aliphatic heterocycles. The Kier molecular flexibility index (Phi) is 5.43. The zero-order valence-electron chi connectivity index (χ0n) is 14.1. The van der Waals surface area contributed by atoms with Crippen molar-refractivity contribution in [1.29, 1.82) is 0 Å². The number of benzene rings is 2. The summed E-state index contributed by atoms with van der Waals surface area (Å²) in [5.41, 5.74) is 2.88. The number of carboxylic acid groups (broad SMARTS) is 1. The number of aliphatic carboxylic acids is 1. The molecule has 0 fully saturated rings. The standard InChI is InChI=1S/C20H21NO3S/c1-14(12-25-13-15-7-3-2-4-8-15)19(22)21-17-10-6-5-9-16(17)11-18(21)20(23)24/h2-10,14,18H,11-13H2,1H3,(H,23,24)/t14-,18+/m0/s1. The molecule has 0 unspecified atom stereocenters. The average molecular weight is 355 g/mol. The summed E-state index contributed by atoms with van der Waals surface area (Å²) in [4.78, 5) is 26.0. The molecule has 25 heavy (non-hydrogen) atoms. The molecule has 0 aliphatic carbocycles. The molecule has 3 rings (SSSR count). The second-order valence-electron chi connectivity index (χ2n) is 6.30. The monoisotopic (exact) mass is 355 g/mol. The Morgan fingerprint density at radius 3 is 2.56 bits per heavy atom. The molecule has 4 nitrogen and oxygen atoms in total. The number of anilines is 1. The molecule has 2 aromatic rings. The van der Waals surface area contributed by atoms with Gasteiger partial charge in [-0.1, -0.05) is 55.5 Å². The van der Waals surface area contributed by atoms with Crippen molar-refractivity contribution < 1.29 is 14.7 Å². The van der Waals surface area contributed by atoms with E-state index in [0.717, 1.165) is 17.0 Å². The molecule has 130 valence electrons. The largest absolute Gasteiger partial charge is 0.480 e. The molecule has 0 aromatic heterocycles. The second-order valence-corrected chi connectivity index (χ2v) is 7.33. The normalized spacial score (nSPS) is 17.2. The van der Waals surface area contributed by atoms with E-state index < -0.39 is 12.0 Å². The zero-order chi connectivity index (χ0) is 17.8. The van der Waals surface area contributed by atoms with Crippen LogP contribution in [0.4, 0.5) is 5.69 Å². The summed E-state index contributed by atoms with van der Waals surface area (Å²) in [5, 5.41) is 9.51. The van der Waals surface area contributed by atoms with Crippen LogP contribution in [0.25, 0.3) is 0 Å². The van der Waals surface area contributed by atoms with Crippen LogP contribution in [0.3, 0.4) is 0 Å². The summed E-state index contributed by atoms with van der Waals surface area (Å²) < 4.78 is 0. The lowest BCUT2D eigenvalue weighted by Gasteiger charge is -2.25. The van der Waals surface area contributed by atoms with Gasteiger partial charge in [-0.3, -0.25) is 9.69 Å². The van der Waals surface area contributed by atoms with Crippen molar-refractivity contribution in [3.63, 3.8) is 0 Å². The van der Waals surface area contributed by atoms with E-state index in [2.05, 4.69) is 12.1 Å². The summed E-state index contributed by atoms with van der Waals surface area (Å²) in [7, 11) is 0. The number of thioether (sulfide) groups is 1. The molecule has 2 atom stereocenters. The molecule has 0 saturated heterocycles. The molecule has 1 aliphatic rings. The average Bonchev–Trinajstić information content (AvgIpc) is 3.01. The van der Waals surface area contributed by atoms with Crippen molar-refractivity contribution in [2.45, 2.75) is 25.1 Å². The van der Waals surface area contributed by atoms with Crippen LogP contribution in [0.2, 0.25) is 0 Å². The van der Waals surface area contributed by atoms with Crippen molar-refractivity contribution in [2.24, 2.45) is 5.92 Å². The third-order valence-electron chi connectivity index (χ3n) is 4.40. The number of para-hydroxylation sites is 1. The van der Waals surface area contributed by atoms with Crippen LogP contribution >= 0.6 is 11.8 Å². The maximum absolute atomic E-state index is 12.9. The Morgan fingerprint density at radius 2 is 1.84 bits per heavy atom. The Labute approximate surface area is 151 Å². The van der Waals surface area contributed by atoms with Gasteiger partial charge in [-0.05, 0) is 17.2 Å². The topological polar surface area (TPSA) is 57.6 Å². The maximum atomic E-state index is 12.9. The van der Waals surface area contributed by atoms with Crippen molar-refractivity contribution in [2.75, 3.05) is 10.7 Å². The number of fused-ring (bicyclic) bond motifs is 1. The second kappa shape index (κ2) is 7.74. The van der Waals surface area contributed by atoms with Gasteiger partial charge in [0.05, 0.1) is 0 Å². The van der Waals surface area contributed by atoms with E-state index in [4.69, 9.17) is 0 Å². The Morgan fingerprint density at radius 1 is 1.16 bits per heavy atom. The van der Waals surface area contributed by atoms with Crippen LogP contribution in [0.5, 0.6) is 0 Å². The van der Waals surface area contributed by atoms with Gasteiger partial charge in [0.25, 0.3) is 0 Å². The highest BCUT2D eigenvalue weighted by atomic mass is 32.2. The number of amides is 1. The molecule has 1 N–H and O–H groups in total. The highest BCUT2D eigenvalue weighted by Crippen LogP contribution is 2.33. The lowest BCUT2D eigenvalue weighted by molar-refractivity contribution is -0.140. The van der Waals surface area contributed by atoms with Crippen molar-refractivity contribution in [1.82, 2.24) is 0 Å². The van der Waals surface area contributed by atoms with Gasteiger partial charge in [0.1, 0.15) is 6.04 Å². The van der Waals surface area contributed by atoms with Crippen LogP contribution in [0, 0.1) is 5.92 Å². The maximum Gasteiger partial charge on any atom is 0.327 e. The third-order valence-corrected chi connectivity index (χ3v) is 5.67. The van der Waals surface area contributed by atoms with Gasteiger partial charge in [-0.25, -0.2) is 4.79 Å². The van der Waals surface area contributed by atoms with Gasteiger partial charge in [-0.2, -0.15) is 11.8 Å². The van der Waals surface area contributed by atoms with Crippen LogP contribution < -0.4 is 4.90 Å². The van der Waals surface area contributed by atoms with Crippen LogP contribution in [0.1, 0.15) is 18.1 Å². The first-order chi connectivity index (χ1) is 12.1. The molecule has 1 amide bonds. The van der Waals surface area contributed by atoms with Crippen LogP contribution in [0.15, 0.2) is 54.6 Å². The predicted molar refractivity (Wildman–Crippen MR) is 101 cm³/mol. The third kappa shape index (κ3) is 3.87. The van der Waals surface area contributed by atoms with Crippen molar-refractivity contribution in [3.8, 4) is 0 Å². The summed E-state index contributed by atoms with van der Waals surface area (Å²) in [5.74, 6) is 0.212. The number of hydrogen-bond acceptors (Lipinski definition) is 3. The van der Waals surface area contributed by atoms with Gasteiger partial charge < -0.3 is 5.11 Å². The molecule has 0 radical (unpaired) electrons. The summed E-state index contributed by atoms with van der Waals surface area (Å²) in [6.07, 6.45) is 0.376. The fourth-order valence-corrected chi connectivity index (χ4v) is 4.13. The quantitative estimate of drug-likeness (QED) is 0.860. The highest BCUT2D eigenvalue weighted by molar-refractivity contribution is 7.98. The van der Waals surface area contributed by atoms with Gasteiger partial charge >= 0.3 is 5.97 Å². The lowest BCUT2D eigenvalue weighted by atomic mass is 10.1. The number of carbonyl (C=O) groups excluding carboxylic acids is 1. The number of rotatable bonds is 6. The molecular formula is C20H21NO3S. The van der Waals surface area contributed by atoms with Crippen LogP contribution in [-0.2, 0) is 21.8 Å². The number of hydrogen-bond donors (Lipinski definition) is 1. The van der Waals surface area contributed by atoms with Crippen molar-refractivity contribution >= 4 is 29.3 Å². The van der Waals surface area contributed by atoms with E-state index >= 15 is 0 Å². The van der Waals surface area contributed by atoms with Gasteiger partial charge in [0.2, 0.25) is 5.91 Å². The smallest absolute Gasteiger partial charge is 0.327 e. The fourth-order valence-electron chi connectivity index (χ4n) is 3.09. The summed E-state index contributed by atoms with van der Waals surface area (Å²) in [6.45, 7) is 1.88. The Balaban J connectivity index is 1.67. The lowest BCUT2D eigenvalue weighted by Crippen LogP contribution is -2.45. The zero-order valence-corrected chi connectivity index (χ0v) is 14.9. The molecular weight excluding hydrogens is 334 g/mol. The first-order valence-corrected chi connectivity index (χ1v) is 9.49. The van der Waals surface area contributed by atoms with Crippen molar-refractivity contribution in [3.05, 3.63) is 65.7 Å². The van der Waals surface area contributed by atoms with E-state index in [1.54, 1.807) is 11.8 Å². The van der Waals surface area contributed by atoms with E-state index in [0.29, 0.717) is 12.2 Å². The molecule has 0 bridgehead atoms. The minimum atomic E-state index is -0.950.